The molecule has 2 rings (SSSR count). The number of anilines is 1. The summed E-state index contributed by atoms with van der Waals surface area (Å²) in [4.78, 5) is 2.47. The quantitative estimate of drug-likeness (QED) is 0.904. The van der Waals surface area contributed by atoms with Crippen LogP contribution in [0, 0.1) is 12.8 Å². The predicted octanol–water partition coefficient (Wildman–Crippen LogP) is 3.86. The van der Waals surface area contributed by atoms with Gasteiger partial charge in [-0.05, 0) is 37.4 Å². The molecule has 1 aromatic rings. The molecule has 1 fully saturated rings. The van der Waals surface area contributed by atoms with Crippen LogP contribution in [0.15, 0.2) is 18.2 Å². The summed E-state index contributed by atoms with van der Waals surface area (Å²) in [5, 5.41) is 4.57. The first-order valence-electron chi connectivity index (χ1n) is 7.37. The van der Waals surface area contributed by atoms with Crippen LogP contribution >= 0.6 is 11.6 Å². The first kappa shape index (κ1) is 14.7. The van der Waals surface area contributed by atoms with Crippen molar-refractivity contribution in [1.82, 2.24) is 5.32 Å². The molecular formula is C16H25ClN2. The van der Waals surface area contributed by atoms with Gasteiger partial charge in [-0.25, -0.2) is 0 Å². The van der Waals surface area contributed by atoms with Gasteiger partial charge in [-0.15, -0.1) is 0 Å². The monoisotopic (exact) mass is 280 g/mol. The minimum absolute atomic E-state index is 0.558. The van der Waals surface area contributed by atoms with Gasteiger partial charge in [0.1, 0.15) is 0 Å². The SMILES string of the molecule is CCC(C)C1CN(c2c(C)cccc2Cl)CCCN1. The predicted molar refractivity (Wildman–Crippen MR) is 84.3 cm³/mol. The average molecular weight is 281 g/mol. The standard InChI is InChI=1S/C16H25ClN2/c1-4-12(2)15-11-19(10-6-9-18-15)16-13(3)7-5-8-14(16)17/h5,7-8,12,15,18H,4,6,9-11H2,1-3H3. The van der Waals surface area contributed by atoms with Gasteiger partial charge in [-0.3, -0.25) is 0 Å². The van der Waals surface area contributed by atoms with E-state index >= 15 is 0 Å². The first-order chi connectivity index (χ1) is 9.13. The van der Waals surface area contributed by atoms with Crippen molar-refractivity contribution in [3.63, 3.8) is 0 Å². The maximum atomic E-state index is 6.42. The topological polar surface area (TPSA) is 15.3 Å². The molecule has 2 atom stereocenters. The Morgan fingerprint density at radius 1 is 1.47 bits per heavy atom. The highest BCUT2D eigenvalue weighted by Gasteiger charge is 2.23. The number of nitrogens with zero attached hydrogens (tertiary/aromatic N) is 1. The maximum Gasteiger partial charge on any atom is 0.0642 e. The van der Waals surface area contributed by atoms with Gasteiger partial charge in [0.15, 0.2) is 0 Å². The van der Waals surface area contributed by atoms with Crippen LogP contribution in [0.25, 0.3) is 0 Å². The summed E-state index contributed by atoms with van der Waals surface area (Å²) in [6.07, 6.45) is 2.39. The van der Waals surface area contributed by atoms with E-state index < -0.39 is 0 Å². The lowest BCUT2D eigenvalue weighted by Crippen LogP contribution is -2.42. The third kappa shape index (κ3) is 3.43. The van der Waals surface area contributed by atoms with Crippen molar-refractivity contribution in [3.05, 3.63) is 28.8 Å². The molecular weight excluding hydrogens is 256 g/mol. The Bertz CT molecular complexity index is 399. The van der Waals surface area contributed by atoms with Crippen LogP contribution in [0.5, 0.6) is 0 Å². The van der Waals surface area contributed by atoms with E-state index in [1.807, 2.05) is 12.1 Å². The molecule has 1 aliphatic rings. The molecule has 19 heavy (non-hydrogen) atoms. The smallest absolute Gasteiger partial charge is 0.0642 e. The summed E-state index contributed by atoms with van der Waals surface area (Å²) in [6, 6.07) is 6.74. The number of halogens is 1. The van der Waals surface area contributed by atoms with Crippen LogP contribution in [0.1, 0.15) is 32.3 Å². The van der Waals surface area contributed by atoms with Gasteiger partial charge in [0, 0.05) is 19.1 Å². The molecule has 0 radical (unpaired) electrons. The zero-order chi connectivity index (χ0) is 13.8. The molecule has 106 valence electrons. The lowest BCUT2D eigenvalue weighted by Gasteiger charge is -2.31. The Labute approximate surface area is 122 Å². The Morgan fingerprint density at radius 2 is 2.26 bits per heavy atom. The molecule has 0 amide bonds. The van der Waals surface area contributed by atoms with Crippen LogP contribution in [0.3, 0.4) is 0 Å². The fraction of sp³-hybridized carbons (Fsp3) is 0.625. The van der Waals surface area contributed by atoms with E-state index in [2.05, 4.69) is 37.1 Å². The molecule has 3 heteroatoms. The van der Waals surface area contributed by atoms with Crippen LogP contribution in [-0.4, -0.2) is 25.7 Å². The third-order valence-corrected chi connectivity index (χ3v) is 4.57. The van der Waals surface area contributed by atoms with E-state index in [9.17, 15) is 0 Å². The Kier molecular flexibility index (Phi) is 5.12. The highest BCUT2D eigenvalue weighted by atomic mass is 35.5. The number of hydrogen-bond donors (Lipinski definition) is 1. The van der Waals surface area contributed by atoms with Gasteiger partial charge >= 0.3 is 0 Å². The van der Waals surface area contributed by atoms with E-state index in [1.165, 1.54) is 24.1 Å². The minimum Gasteiger partial charge on any atom is -0.368 e. The van der Waals surface area contributed by atoms with Crippen molar-refractivity contribution in [2.75, 3.05) is 24.5 Å². The van der Waals surface area contributed by atoms with Gasteiger partial charge in [0.25, 0.3) is 0 Å². The largest absolute Gasteiger partial charge is 0.368 e. The molecule has 1 aliphatic heterocycles. The molecule has 1 N–H and O–H groups in total. The van der Waals surface area contributed by atoms with Crippen molar-refractivity contribution in [1.29, 1.82) is 0 Å². The van der Waals surface area contributed by atoms with Crippen molar-refractivity contribution in [2.24, 2.45) is 5.92 Å². The van der Waals surface area contributed by atoms with Gasteiger partial charge in [-0.1, -0.05) is 44.0 Å². The summed E-state index contributed by atoms with van der Waals surface area (Å²) in [7, 11) is 0. The van der Waals surface area contributed by atoms with Crippen molar-refractivity contribution in [2.45, 2.75) is 39.7 Å². The second-order valence-corrected chi connectivity index (χ2v) is 6.06. The minimum atomic E-state index is 0.558. The molecule has 0 aliphatic carbocycles. The number of hydrogen-bond acceptors (Lipinski definition) is 2. The average Bonchev–Trinajstić information content (AvgIpc) is 2.64. The van der Waals surface area contributed by atoms with E-state index in [-0.39, 0.29) is 0 Å². The fourth-order valence-electron chi connectivity index (χ4n) is 2.84. The highest BCUT2D eigenvalue weighted by molar-refractivity contribution is 6.33. The number of aryl methyl sites for hydroxylation is 1. The number of nitrogens with one attached hydrogen (secondary N) is 1. The Hall–Kier alpha value is -0.730. The van der Waals surface area contributed by atoms with Crippen molar-refractivity contribution < 1.29 is 0 Å². The van der Waals surface area contributed by atoms with Gasteiger partial charge < -0.3 is 10.2 Å². The van der Waals surface area contributed by atoms with Crippen LogP contribution < -0.4 is 10.2 Å². The van der Waals surface area contributed by atoms with Crippen LogP contribution in [0.4, 0.5) is 5.69 Å². The molecule has 1 heterocycles. The lowest BCUT2D eigenvalue weighted by molar-refractivity contribution is 0.384. The zero-order valence-corrected chi connectivity index (χ0v) is 13.0. The van der Waals surface area contributed by atoms with E-state index in [0.29, 0.717) is 12.0 Å². The summed E-state index contributed by atoms with van der Waals surface area (Å²) >= 11 is 6.42. The van der Waals surface area contributed by atoms with E-state index in [4.69, 9.17) is 11.6 Å². The molecule has 0 spiro atoms. The number of para-hydroxylation sites is 1. The Morgan fingerprint density at radius 3 is 2.95 bits per heavy atom. The summed E-state index contributed by atoms with van der Waals surface area (Å²) in [5.74, 6) is 0.698. The molecule has 0 aromatic heterocycles. The molecule has 1 saturated heterocycles. The molecule has 1 aromatic carbocycles. The van der Waals surface area contributed by atoms with Crippen LogP contribution in [-0.2, 0) is 0 Å². The second kappa shape index (κ2) is 6.62. The van der Waals surface area contributed by atoms with Crippen LogP contribution in [0.2, 0.25) is 5.02 Å². The summed E-state index contributed by atoms with van der Waals surface area (Å²) < 4.78 is 0. The van der Waals surface area contributed by atoms with Gasteiger partial charge in [-0.2, -0.15) is 0 Å². The van der Waals surface area contributed by atoms with Crippen molar-refractivity contribution >= 4 is 17.3 Å². The lowest BCUT2D eigenvalue weighted by atomic mass is 9.98. The molecule has 0 saturated carbocycles. The molecule has 0 bridgehead atoms. The van der Waals surface area contributed by atoms with Gasteiger partial charge in [0.05, 0.1) is 10.7 Å². The summed E-state index contributed by atoms with van der Waals surface area (Å²) in [5.41, 5.74) is 2.50. The van der Waals surface area contributed by atoms with E-state index in [1.54, 1.807) is 0 Å². The second-order valence-electron chi connectivity index (χ2n) is 5.65. The summed E-state index contributed by atoms with van der Waals surface area (Å²) in [6.45, 7) is 10.00. The zero-order valence-electron chi connectivity index (χ0n) is 12.2. The molecule has 2 nitrogen and oxygen atoms in total. The van der Waals surface area contributed by atoms with Gasteiger partial charge in [0.2, 0.25) is 0 Å². The third-order valence-electron chi connectivity index (χ3n) is 4.26. The van der Waals surface area contributed by atoms with Crippen molar-refractivity contribution in [3.8, 4) is 0 Å². The normalized spacial score (nSPS) is 22.1. The number of benzene rings is 1. The van der Waals surface area contributed by atoms with E-state index in [0.717, 1.165) is 24.7 Å². The first-order valence-corrected chi connectivity index (χ1v) is 7.74. The number of rotatable bonds is 3. The fourth-order valence-corrected chi connectivity index (χ4v) is 3.18. The molecule has 2 unspecified atom stereocenters. The maximum absolute atomic E-state index is 6.42. The Balaban J connectivity index is 2.23. The highest BCUT2D eigenvalue weighted by Crippen LogP contribution is 2.30.